The summed E-state index contributed by atoms with van der Waals surface area (Å²) in [5.74, 6) is 6.51. The van der Waals surface area contributed by atoms with E-state index < -0.39 is 5.60 Å². The molecule has 0 aromatic heterocycles. The third-order valence-electron chi connectivity index (χ3n) is 4.82. The third kappa shape index (κ3) is 2.69. The van der Waals surface area contributed by atoms with E-state index in [1.165, 1.54) is 7.11 Å². The van der Waals surface area contributed by atoms with Crippen molar-refractivity contribution in [3.63, 3.8) is 0 Å². The molecule has 2 aliphatic rings. The van der Waals surface area contributed by atoms with Crippen LogP contribution < -0.4 is 0 Å². The van der Waals surface area contributed by atoms with Crippen LogP contribution in [0.3, 0.4) is 0 Å². The number of likely N-dealkylation sites (tertiary alicyclic amines) is 1. The quantitative estimate of drug-likeness (QED) is 0.747. The van der Waals surface area contributed by atoms with Crippen LogP contribution in [0.1, 0.15) is 24.0 Å². The molecule has 1 aromatic carbocycles. The molecule has 1 saturated heterocycles. The van der Waals surface area contributed by atoms with Gasteiger partial charge in [-0.3, -0.25) is 0 Å². The van der Waals surface area contributed by atoms with Gasteiger partial charge in [-0.15, -0.1) is 0 Å². The van der Waals surface area contributed by atoms with Crippen LogP contribution in [0.4, 0.5) is 4.79 Å². The Bertz CT molecular complexity index is 645. The molecule has 22 heavy (non-hydrogen) atoms. The summed E-state index contributed by atoms with van der Waals surface area (Å²) < 4.78 is 4.78. The van der Waals surface area contributed by atoms with Crippen molar-refractivity contribution in [2.24, 2.45) is 11.8 Å². The number of carbonyl (C=O) groups excluding carboxylic acids is 1. The van der Waals surface area contributed by atoms with Gasteiger partial charge in [-0.25, -0.2) is 4.79 Å². The lowest BCUT2D eigenvalue weighted by Gasteiger charge is -2.24. The molecule has 0 bridgehead atoms. The number of aryl methyl sites for hydroxylation is 1. The first-order valence-corrected chi connectivity index (χ1v) is 7.67. The van der Waals surface area contributed by atoms with Gasteiger partial charge < -0.3 is 14.7 Å². The van der Waals surface area contributed by atoms with Gasteiger partial charge in [0.15, 0.2) is 0 Å². The fourth-order valence-corrected chi connectivity index (χ4v) is 3.63. The molecule has 116 valence electrons. The number of hydrogen-bond donors (Lipinski definition) is 1. The Hall–Kier alpha value is -1.99. The maximum absolute atomic E-state index is 11.7. The van der Waals surface area contributed by atoms with Crippen LogP contribution in [0.25, 0.3) is 0 Å². The van der Waals surface area contributed by atoms with Crippen molar-refractivity contribution in [1.29, 1.82) is 0 Å². The van der Waals surface area contributed by atoms with Crippen LogP contribution in [-0.2, 0) is 4.74 Å². The number of aliphatic hydroxyl groups is 1. The van der Waals surface area contributed by atoms with E-state index in [4.69, 9.17) is 4.74 Å². The summed E-state index contributed by atoms with van der Waals surface area (Å²) in [4.78, 5) is 13.3. The van der Waals surface area contributed by atoms with E-state index in [1.807, 2.05) is 31.2 Å². The van der Waals surface area contributed by atoms with Crippen molar-refractivity contribution >= 4 is 6.09 Å². The zero-order chi connectivity index (χ0) is 15.7. The smallest absolute Gasteiger partial charge is 0.409 e. The first-order chi connectivity index (χ1) is 10.5. The number of amides is 1. The number of carbonyl (C=O) groups is 1. The van der Waals surface area contributed by atoms with E-state index >= 15 is 0 Å². The summed E-state index contributed by atoms with van der Waals surface area (Å²) in [5.41, 5.74) is 1.07. The van der Waals surface area contributed by atoms with Crippen molar-refractivity contribution in [3.8, 4) is 11.8 Å². The molecule has 1 amide bonds. The Labute approximate surface area is 131 Å². The van der Waals surface area contributed by atoms with Crippen molar-refractivity contribution in [1.82, 2.24) is 4.90 Å². The number of methoxy groups -OCH3 is 1. The van der Waals surface area contributed by atoms with Crippen LogP contribution in [0.15, 0.2) is 24.3 Å². The molecule has 1 aliphatic heterocycles. The first-order valence-electron chi connectivity index (χ1n) is 7.67. The number of nitrogens with zero attached hydrogens (tertiary/aromatic N) is 1. The van der Waals surface area contributed by atoms with E-state index in [0.29, 0.717) is 25.4 Å². The summed E-state index contributed by atoms with van der Waals surface area (Å²) in [5, 5.41) is 10.9. The van der Waals surface area contributed by atoms with Gasteiger partial charge in [-0.05, 0) is 43.4 Å². The number of rotatable bonds is 0. The van der Waals surface area contributed by atoms with Gasteiger partial charge in [0, 0.05) is 24.6 Å². The van der Waals surface area contributed by atoms with E-state index in [9.17, 15) is 9.90 Å². The van der Waals surface area contributed by atoms with Gasteiger partial charge >= 0.3 is 6.09 Å². The van der Waals surface area contributed by atoms with Crippen molar-refractivity contribution in [2.75, 3.05) is 20.2 Å². The minimum absolute atomic E-state index is 0.0175. The molecule has 4 heteroatoms. The molecule has 1 saturated carbocycles. The molecular formula is C18H21NO3. The monoisotopic (exact) mass is 299 g/mol. The first kappa shape index (κ1) is 14.9. The molecule has 1 heterocycles. The number of ether oxygens (including phenoxy) is 1. The van der Waals surface area contributed by atoms with E-state index in [1.54, 1.807) is 4.90 Å². The lowest BCUT2D eigenvalue weighted by molar-refractivity contribution is 0.0543. The topological polar surface area (TPSA) is 49.8 Å². The van der Waals surface area contributed by atoms with Crippen molar-refractivity contribution in [3.05, 3.63) is 35.4 Å². The van der Waals surface area contributed by atoms with Gasteiger partial charge in [-0.1, -0.05) is 24.0 Å². The largest absolute Gasteiger partial charge is 0.453 e. The SMILES string of the molecule is COC(=O)N1CC2CCC(O)(C#Cc3cccc(C)c3)C2C1. The maximum Gasteiger partial charge on any atom is 0.409 e. The lowest BCUT2D eigenvalue weighted by Crippen LogP contribution is -2.37. The Morgan fingerprint density at radius 1 is 1.45 bits per heavy atom. The molecule has 3 rings (SSSR count). The third-order valence-corrected chi connectivity index (χ3v) is 4.82. The highest BCUT2D eigenvalue weighted by molar-refractivity contribution is 5.68. The highest BCUT2D eigenvalue weighted by Crippen LogP contribution is 2.44. The van der Waals surface area contributed by atoms with Gasteiger partial charge in [0.05, 0.1) is 7.11 Å². The normalized spacial score (nSPS) is 29.7. The summed E-state index contributed by atoms with van der Waals surface area (Å²) >= 11 is 0. The second-order valence-electron chi connectivity index (χ2n) is 6.32. The van der Waals surface area contributed by atoms with Crippen molar-refractivity contribution in [2.45, 2.75) is 25.4 Å². The van der Waals surface area contributed by atoms with Crippen LogP contribution in [-0.4, -0.2) is 41.9 Å². The van der Waals surface area contributed by atoms with Crippen LogP contribution in [0.2, 0.25) is 0 Å². The molecule has 4 nitrogen and oxygen atoms in total. The summed E-state index contributed by atoms with van der Waals surface area (Å²) in [6.07, 6.45) is 1.26. The van der Waals surface area contributed by atoms with Crippen LogP contribution in [0, 0.1) is 30.6 Å². The lowest BCUT2D eigenvalue weighted by atomic mass is 9.88. The Morgan fingerprint density at radius 3 is 3.00 bits per heavy atom. The average Bonchev–Trinajstić information content (AvgIpc) is 3.06. The summed E-state index contributed by atoms with van der Waals surface area (Å²) in [7, 11) is 1.39. The van der Waals surface area contributed by atoms with E-state index in [-0.39, 0.29) is 12.0 Å². The average molecular weight is 299 g/mol. The number of hydrogen-bond acceptors (Lipinski definition) is 3. The van der Waals surface area contributed by atoms with Crippen molar-refractivity contribution < 1.29 is 14.6 Å². The molecule has 1 N–H and O–H groups in total. The highest BCUT2D eigenvalue weighted by atomic mass is 16.5. The molecular weight excluding hydrogens is 278 g/mol. The molecule has 0 radical (unpaired) electrons. The summed E-state index contributed by atoms with van der Waals surface area (Å²) in [6.45, 7) is 3.21. The zero-order valence-electron chi connectivity index (χ0n) is 13.0. The predicted octanol–water partition coefficient (Wildman–Crippen LogP) is 2.19. The molecule has 2 fully saturated rings. The standard InChI is InChI=1S/C18H21NO3/c1-13-4-3-5-14(10-13)6-8-18(21)9-7-15-11-19(12-16(15)18)17(20)22-2/h3-5,10,15-16,21H,7,9,11-12H2,1-2H3. The molecule has 1 aliphatic carbocycles. The van der Waals surface area contributed by atoms with Gasteiger partial charge in [0.2, 0.25) is 0 Å². The van der Waals surface area contributed by atoms with Gasteiger partial charge in [0.1, 0.15) is 5.60 Å². The van der Waals surface area contributed by atoms with Crippen LogP contribution in [0.5, 0.6) is 0 Å². The number of benzene rings is 1. The second-order valence-corrected chi connectivity index (χ2v) is 6.32. The second kappa shape index (κ2) is 5.66. The van der Waals surface area contributed by atoms with Gasteiger partial charge in [0.25, 0.3) is 0 Å². The maximum atomic E-state index is 11.7. The zero-order valence-corrected chi connectivity index (χ0v) is 13.0. The van der Waals surface area contributed by atoms with Crippen LogP contribution >= 0.6 is 0 Å². The number of fused-ring (bicyclic) bond motifs is 1. The van der Waals surface area contributed by atoms with E-state index in [0.717, 1.165) is 17.5 Å². The fourth-order valence-electron chi connectivity index (χ4n) is 3.63. The Morgan fingerprint density at radius 2 is 2.27 bits per heavy atom. The highest BCUT2D eigenvalue weighted by Gasteiger charge is 2.52. The minimum atomic E-state index is -1.00. The Balaban J connectivity index is 1.78. The summed E-state index contributed by atoms with van der Waals surface area (Å²) in [6, 6.07) is 7.95. The predicted molar refractivity (Wildman–Crippen MR) is 83.2 cm³/mol. The molecule has 0 spiro atoms. The molecule has 1 aromatic rings. The van der Waals surface area contributed by atoms with E-state index in [2.05, 4.69) is 11.8 Å². The van der Waals surface area contributed by atoms with Gasteiger partial charge in [-0.2, -0.15) is 0 Å². The molecule has 3 unspecified atom stereocenters. The molecule has 3 atom stereocenters. The Kier molecular flexibility index (Phi) is 3.84. The fraction of sp³-hybridized carbons (Fsp3) is 0.500. The minimum Gasteiger partial charge on any atom is -0.453 e.